The minimum atomic E-state index is -3.40. The van der Waals surface area contributed by atoms with Crippen LogP contribution in [0.5, 0.6) is 0 Å². The SMILES string of the molecule is Cc1cc(I)ccc1NC(=O)c1ccc(NS(C)(=O)=O)cc1Cl. The van der Waals surface area contributed by atoms with Gasteiger partial charge in [-0.25, -0.2) is 8.42 Å². The Labute approximate surface area is 153 Å². The van der Waals surface area contributed by atoms with Gasteiger partial charge in [-0.15, -0.1) is 0 Å². The van der Waals surface area contributed by atoms with E-state index in [1.165, 1.54) is 18.2 Å². The molecule has 0 aliphatic carbocycles. The minimum Gasteiger partial charge on any atom is -0.322 e. The molecule has 0 saturated heterocycles. The number of aryl methyl sites for hydroxylation is 1. The van der Waals surface area contributed by atoms with E-state index in [9.17, 15) is 13.2 Å². The maximum atomic E-state index is 12.3. The number of nitrogens with one attached hydrogen (secondary N) is 2. The molecule has 23 heavy (non-hydrogen) atoms. The van der Waals surface area contributed by atoms with Crippen molar-refractivity contribution in [3.8, 4) is 0 Å². The van der Waals surface area contributed by atoms with Gasteiger partial charge in [-0.1, -0.05) is 11.6 Å². The maximum Gasteiger partial charge on any atom is 0.257 e. The largest absolute Gasteiger partial charge is 0.322 e. The van der Waals surface area contributed by atoms with Crippen LogP contribution in [-0.4, -0.2) is 20.6 Å². The summed E-state index contributed by atoms with van der Waals surface area (Å²) in [4.78, 5) is 12.3. The summed E-state index contributed by atoms with van der Waals surface area (Å²) >= 11 is 8.28. The van der Waals surface area contributed by atoms with Crippen LogP contribution in [-0.2, 0) is 10.0 Å². The summed E-state index contributed by atoms with van der Waals surface area (Å²) in [5.74, 6) is -0.356. The van der Waals surface area contributed by atoms with Crippen molar-refractivity contribution in [2.24, 2.45) is 0 Å². The van der Waals surface area contributed by atoms with Crippen LogP contribution in [0.15, 0.2) is 36.4 Å². The zero-order chi connectivity index (χ0) is 17.2. The molecule has 0 aliphatic heterocycles. The summed E-state index contributed by atoms with van der Waals surface area (Å²) in [5.41, 5.74) is 2.21. The molecular formula is C15H14ClIN2O3S. The highest BCUT2D eigenvalue weighted by atomic mass is 127. The van der Waals surface area contributed by atoms with Gasteiger partial charge >= 0.3 is 0 Å². The van der Waals surface area contributed by atoms with Crippen LogP contribution < -0.4 is 10.0 Å². The van der Waals surface area contributed by atoms with Crippen LogP contribution in [0.4, 0.5) is 11.4 Å². The number of hydrogen-bond donors (Lipinski definition) is 2. The number of carbonyl (C=O) groups excluding carboxylic acids is 1. The fourth-order valence-electron chi connectivity index (χ4n) is 1.93. The first kappa shape index (κ1) is 18.0. The molecular weight excluding hydrogens is 451 g/mol. The van der Waals surface area contributed by atoms with E-state index >= 15 is 0 Å². The molecule has 2 aromatic carbocycles. The summed E-state index contributed by atoms with van der Waals surface area (Å²) in [7, 11) is -3.40. The van der Waals surface area contributed by atoms with Crippen LogP contribution in [0.1, 0.15) is 15.9 Å². The highest BCUT2D eigenvalue weighted by Crippen LogP contribution is 2.24. The molecule has 8 heteroatoms. The fourth-order valence-corrected chi connectivity index (χ4v) is 3.40. The molecule has 2 N–H and O–H groups in total. The van der Waals surface area contributed by atoms with E-state index in [0.717, 1.165) is 15.4 Å². The molecule has 0 bridgehead atoms. The van der Waals surface area contributed by atoms with Crippen molar-refractivity contribution >= 4 is 61.5 Å². The lowest BCUT2D eigenvalue weighted by atomic mass is 10.1. The third-order valence-corrected chi connectivity index (χ3v) is 4.54. The number of benzene rings is 2. The second kappa shape index (κ2) is 7.06. The standard InChI is InChI=1S/C15H14ClIN2O3S/c1-9-7-10(17)3-6-14(9)18-15(20)12-5-4-11(8-13(12)16)19-23(2,21)22/h3-8,19H,1-2H3,(H,18,20). The van der Waals surface area contributed by atoms with Crippen molar-refractivity contribution in [3.05, 3.63) is 56.1 Å². The maximum absolute atomic E-state index is 12.3. The molecule has 0 radical (unpaired) electrons. The number of amides is 1. The van der Waals surface area contributed by atoms with Gasteiger partial charge < -0.3 is 5.32 Å². The van der Waals surface area contributed by atoms with Crippen molar-refractivity contribution in [2.45, 2.75) is 6.92 Å². The Bertz CT molecular complexity index is 869. The number of anilines is 2. The van der Waals surface area contributed by atoms with Crippen molar-refractivity contribution in [1.82, 2.24) is 0 Å². The Morgan fingerprint density at radius 3 is 2.43 bits per heavy atom. The molecule has 0 heterocycles. The number of hydrogen-bond acceptors (Lipinski definition) is 3. The minimum absolute atomic E-state index is 0.166. The predicted molar refractivity (Wildman–Crippen MR) is 102 cm³/mol. The topological polar surface area (TPSA) is 75.3 Å². The Kier molecular flexibility index (Phi) is 5.53. The van der Waals surface area contributed by atoms with E-state index in [-0.39, 0.29) is 16.5 Å². The van der Waals surface area contributed by atoms with Crippen LogP contribution >= 0.6 is 34.2 Å². The van der Waals surface area contributed by atoms with Crippen molar-refractivity contribution in [2.75, 3.05) is 16.3 Å². The molecule has 0 aliphatic rings. The number of sulfonamides is 1. The van der Waals surface area contributed by atoms with Gasteiger partial charge in [0.05, 0.1) is 16.8 Å². The first-order valence-electron chi connectivity index (χ1n) is 6.50. The lowest BCUT2D eigenvalue weighted by molar-refractivity contribution is 0.102. The average molecular weight is 465 g/mol. The highest BCUT2D eigenvalue weighted by molar-refractivity contribution is 14.1. The summed E-state index contributed by atoms with van der Waals surface area (Å²) in [5, 5.41) is 2.96. The van der Waals surface area contributed by atoms with E-state index < -0.39 is 10.0 Å². The lowest BCUT2D eigenvalue weighted by Gasteiger charge is -2.11. The van der Waals surface area contributed by atoms with E-state index in [1.807, 2.05) is 25.1 Å². The van der Waals surface area contributed by atoms with Crippen LogP contribution in [0.3, 0.4) is 0 Å². The molecule has 0 fully saturated rings. The fraction of sp³-hybridized carbons (Fsp3) is 0.133. The zero-order valence-electron chi connectivity index (χ0n) is 12.4. The molecule has 1 amide bonds. The van der Waals surface area contributed by atoms with Crippen molar-refractivity contribution in [3.63, 3.8) is 0 Å². The molecule has 5 nitrogen and oxygen atoms in total. The van der Waals surface area contributed by atoms with Gasteiger partial charge in [0.1, 0.15) is 0 Å². The summed E-state index contributed by atoms with van der Waals surface area (Å²) in [6.07, 6.45) is 1.04. The van der Waals surface area contributed by atoms with Gasteiger partial charge in [0.2, 0.25) is 10.0 Å². The van der Waals surface area contributed by atoms with Crippen LogP contribution in [0, 0.1) is 10.5 Å². The zero-order valence-corrected chi connectivity index (χ0v) is 16.1. The van der Waals surface area contributed by atoms with E-state index in [2.05, 4.69) is 32.6 Å². The normalized spacial score (nSPS) is 11.1. The number of rotatable bonds is 4. The van der Waals surface area contributed by atoms with E-state index in [0.29, 0.717) is 11.4 Å². The Balaban J connectivity index is 2.22. The molecule has 0 atom stereocenters. The van der Waals surface area contributed by atoms with Crippen molar-refractivity contribution in [1.29, 1.82) is 0 Å². The summed E-state index contributed by atoms with van der Waals surface area (Å²) in [6, 6.07) is 10.0. The van der Waals surface area contributed by atoms with Gasteiger partial charge in [0.25, 0.3) is 5.91 Å². The van der Waals surface area contributed by atoms with E-state index in [1.54, 1.807) is 0 Å². The second-order valence-corrected chi connectivity index (χ2v) is 8.38. The Morgan fingerprint density at radius 2 is 1.87 bits per heavy atom. The van der Waals surface area contributed by atoms with Gasteiger partial charge in [0, 0.05) is 14.9 Å². The molecule has 2 rings (SSSR count). The monoisotopic (exact) mass is 464 g/mol. The Morgan fingerprint density at radius 1 is 1.17 bits per heavy atom. The summed E-state index contributed by atoms with van der Waals surface area (Å²) < 4.78 is 25.8. The number of halogens is 2. The first-order valence-corrected chi connectivity index (χ1v) is 9.85. The second-order valence-electron chi connectivity index (χ2n) is 4.98. The first-order chi connectivity index (χ1) is 10.7. The van der Waals surface area contributed by atoms with Gasteiger partial charge in [-0.2, -0.15) is 0 Å². The number of carbonyl (C=O) groups is 1. The van der Waals surface area contributed by atoms with Crippen LogP contribution in [0.25, 0.3) is 0 Å². The van der Waals surface area contributed by atoms with Gasteiger partial charge in [-0.3, -0.25) is 9.52 Å². The molecule has 122 valence electrons. The Hall–Kier alpha value is -1.32. The average Bonchev–Trinajstić information content (AvgIpc) is 2.40. The molecule has 0 spiro atoms. The lowest BCUT2D eigenvalue weighted by Crippen LogP contribution is -2.14. The predicted octanol–water partition coefficient (Wildman–Crippen LogP) is 3.88. The molecule has 0 aromatic heterocycles. The van der Waals surface area contributed by atoms with Gasteiger partial charge in [-0.05, 0) is 71.5 Å². The highest BCUT2D eigenvalue weighted by Gasteiger charge is 2.13. The third-order valence-electron chi connectivity index (χ3n) is 2.95. The van der Waals surface area contributed by atoms with E-state index in [4.69, 9.17) is 11.6 Å². The quantitative estimate of drug-likeness (QED) is 0.675. The van der Waals surface area contributed by atoms with Crippen molar-refractivity contribution < 1.29 is 13.2 Å². The third kappa shape index (κ3) is 5.08. The molecule has 0 saturated carbocycles. The smallest absolute Gasteiger partial charge is 0.257 e. The molecule has 0 unspecified atom stereocenters. The van der Waals surface area contributed by atoms with Crippen LogP contribution in [0.2, 0.25) is 5.02 Å². The van der Waals surface area contributed by atoms with Gasteiger partial charge in [0.15, 0.2) is 0 Å². The summed E-state index contributed by atoms with van der Waals surface area (Å²) in [6.45, 7) is 1.90. The molecule has 2 aromatic rings.